The molecule has 2 unspecified atom stereocenters. The van der Waals surface area contributed by atoms with Crippen LogP contribution in [0.1, 0.15) is 10.8 Å². The minimum atomic E-state index is -0.804. The van der Waals surface area contributed by atoms with Crippen molar-refractivity contribution in [3.05, 3.63) is 60.2 Å². The zero-order valence-electron chi connectivity index (χ0n) is 14.3. The van der Waals surface area contributed by atoms with E-state index in [1.165, 1.54) is 18.9 Å². The maximum atomic E-state index is 11.2. The van der Waals surface area contributed by atoms with Gasteiger partial charge in [0, 0.05) is 0 Å². The van der Waals surface area contributed by atoms with Gasteiger partial charge in [0.05, 0.1) is 37.1 Å². The van der Waals surface area contributed by atoms with Gasteiger partial charge in [0.25, 0.3) is 0 Å². The number of ether oxygens (including phenoxy) is 3. The Morgan fingerprint density at radius 2 is 1.76 bits per heavy atom. The SMILES string of the molecule is COC(=O)COCC(O)C(Sc1ccccc1OC)c1ccccc1. The molecule has 0 amide bonds. The Balaban J connectivity index is 2.14. The maximum Gasteiger partial charge on any atom is 0.331 e. The number of hydrogen-bond donors (Lipinski definition) is 1. The number of esters is 1. The summed E-state index contributed by atoms with van der Waals surface area (Å²) in [4.78, 5) is 12.1. The van der Waals surface area contributed by atoms with E-state index in [4.69, 9.17) is 9.47 Å². The fraction of sp³-hybridized carbons (Fsp3) is 0.316. The molecular weight excluding hydrogens is 340 g/mol. The molecule has 0 aliphatic rings. The number of thioether (sulfide) groups is 1. The second-order valence-corrected chi connectivity index (χ2v) is 6.44. The highest BCUT2D eigenvalue weighted by Crippen LogP contribution is 2.41. The van der Waals surface area contributed by atoms with E-state index >= 15 is 0 Å². The van der Waals surface area contributed by atoms with Gasteiger partial charge >= 0.3 is 5.97 Å². The number of aliphatic hydroxyl groups is 1. The van der Waals surface area contributed by atoms with E-state index in [0.29, 0.717) is 0 Å². The number of carbonyl (C=O) groups is 1. The van der Waals surface area contributed by atoms with Crippen LogP contribution < -0.4 is 4.74 Å². The lowest BCUT2D eigenvalue weighted by atomic mass is 10.1. The first-order valence-corrected chi connectivity index (χ1v) is 8.71. The van der Waals surface area contributed by atoms with Crippen LogP contribution in [0.3, 0.4) is 0 Å². The highest BCUT2D eigenvalue weighted by atomic mass is 32.2. The van der Waals surface area contributed by atoms with Gasteiger partial charge < -0.3 is 19.3 Å². The van der Waals surface area contributed by atoms with Crippen LogP contribution in [0.5, 0.6) is 5.75 Å². The Morgan fingerprint density at radius 3 is 2.44 bits per heavy atom. The molecule has 6 heteroatoms. The lowest BCUT2D eigenvalue weighted by Gasteiger charge is -2.23. The third-order valence-electron chi connectivity index (χ3n) is 3.54. The first-order chi connectivity index (χ1) is 12.2. The molecule has 0 radical (unpaired) electrons. The number of hydrogen-bond acceptors (Lipinski definition) is 6. The maximum absolute atomic E-state index is 11.2. The summed E-state index contributed by atoms with van der Waals surface area (Å²) in [6.45, 7) is -0.162. The molecule has 2 aromatic rings. The average Bonchev–Trinajstić information content (AvgIpc) is 2.66. The van der Waals surface area contributed by atoms with E-state index in [9.17, 15) is 9.90 Å². The number of carbonyl (C=O) groups excluding carboxylic acids is 1. The van der Waals surface area contributed by atoms with Crippen LogP contribution in [-0.4, -0.2) is 44.6 Å². The first kappa shape index (κ1) is 19.3. The zero-order chi connectivity index (χ0) is 18.1. The predicted octanol–water partition coefficient (Wildman–Crippen LogP) is 3.08. The van der Waals surface area contributed by atoms with Crippen molar-refractivity contribution in [2.24, 2.45) is 0 Å². The van der Waals surface area contributed by atoms with Crippen LogP contribution in [0.2, 0.25) is 0 Å². The van der Waals surface area contributed by atoms with E-state index in [2.05, 4.69) is 4.74 Å². The van der Waals surface area contributed by atoms with Crippen LogP contribution in [0.15, 0.2) is 59.5 Å². The Kier molecular flexibility index (Phi) is 7.78. The molecule has 134 valence electrons. The summed E-state index contributed by atoms with van der Waals surface area (Å²) < 4.78 is 15.2. The summed E-state index contributed by atoms with van der Waals surface area (Å²) in [6, 6.07) is 17.3. The molecule has 2 atom stereocenters. The van der Waals surface area contributed by atoms with Crippen molar-refractivity contribution in [1.82, 2.24) is 0 Å². The lowest BCUT2D eigenvalue weighted by Crippen LogP contribution is -2.24. The first-order valence-electron chi connectivity index (χ1n) is 7.83. The van der Waals surface area contributed by atoms with Crippen molar-refractivity contribution >= 4 is 17.7 Å². The third-order valence-corrected chi connectivity index (χ3v) is 4.97. The molecule has 0 heterocycles. The van der Waals surface area contributed by atoms with E-state index in [-0.39, 0.29) is 18.5 Å². The van der Waals surface area contributed by atoms with Gasteiger partial charge in [-0.3, -0.25) is 0 Å². The monoisotopic (exact) mass is 362 g/mol. The molecule has 1 N–H and O–H groups in total. The van der Waals surface area contributed by atoms with Gasteiger partial charge in [-0.05, 0) is 17.7 Å². The molecule has 5 nitrogen and oxygen atoms in total. The van der Waals surface area contributed by atoms with E-state index in [1.807, 2.05) is 54.6 Å². The summed E-state index contributed by atoms with van der Waals surface area (Å²) in [5.41, 5.74) is 0.965. The van der Waals surface area contributed by atoms with Crippen molar-refractivity contribution in [3.8, 4) is 5.75 Å². The molecule has 2 aromatic carbocycles. The molecule has 0 aliphatic heterocycles. The summed E-state index contributed by atoms with van der Waals surface area (Å²) in [5.74, 6) is 0.275. The number of aliphatic hydroxyl groups excluding tert-OH is 1. The molecule has 0 aromatic heterocycles. The van der Waals surface area contributed by atoms with Crippen molar-refractivity contribution in [2.45, 2.75) is 16.2 Å². The zero-order valence-corrected chi connectivity index (χ0v) is 15.1. The summed E-state index contributed by atoms with van der Waals surface area (Å²) in [5, 5.41) is 10.4. The highest BCUT2D eigenvalue weighted by Gasteiger charge is 2.24. The van der Waals surface area contributed by atoms with Crippen LogP contribution >= 0.6 is 11.8 Å². The highest BCUT2D eigenvalue weighted by molar-refractivity contribution is 7.99. The second kappa shape index (κ2) is 10.1. The molecular formula is C19H22O5S. The predicted molar refractivity (Wildman–Crippen MR) is 96.9 cm³/mol. The van der Waals surface area contributed by atoms with Gasteiger partial charge in [0.15, 0.2) is 0 Å². The van der Waals surface area contributed by atoms with Crippen molar-refractivity contribution in [1.29, 1.82) is 0 Å². The van der Waals surface area contributed by atoms with Gasteiger partial charge in [0.1, 0.15) is 12.4 Å². The minimum absolute atomic E-state index is 0.0246. The largest absolute Gasteiger partial charge is 0.496 e. The van der Waals surface area contributed by atoms with Gasteiger partial charge in [0.2, 0.25) is 0 Å². The van der Waals surface area contributed by atoms with E-state index < -0.39 is 12.1 Å². The number of methoxy groups -OCH3 is 2. The van der Waals surface area contributed by atoms with E-state index in [0.717, 1.165) is 16.2 Å². The van der Waals surface area contributed by atoms with Crippen molar-refractivity contribution < 1.29 is 24.1 Å². The molecule has 0 aliphatic carbocycles. The standard InChI is InChI=1S/C19H22O5S/c1-22-16-10-6-7-11-17(16)25-19(14-8-4-3-5-9-14)15(20)12-24-13-18(21)23-2/h3-11,15,19-20H,12-13H2,1-2H3. The van der Waals surface area contributed by atoms with Crippen LogP contribution in [0.25, 0.3) is 0 Å². The summed E-state index contributed by atoms with van der Waals surface area (Å²) >= 11 is 1.49. The molecule has 0 spiro atoms. The third kappa shape index (κ3) is 5.77. The van der Waals surface area contributed by atoms with Gasteiger partial charge in [-0.15, -0.1) is 11.8 Å². The molecule has 0 saturated carbocycles. The van der Waals surface area contributed by atoms with E-state index in [1.54, 1.807) is 7.11 Å². The number of rotatable bonds is 9. The average molecular weight is 362 g/mol. The fourth-order valence-electron chi connectivity index (χ4n) is 2.27. The molecule has 2 rings (SSSR count). The topological polar surface area (TPSA) is 65.0 Å². The summed E-state index contributed by atoms with van der Waals surface area (Å²) in [7, 11) is 2.92. The molecule has 25 heavy (non-hydrogen) atoms. The molecule has 0 fully saturated rings. The Hall–Kier alpha value is -2.02. The fourth-order valence-corrected chi connectivity index (χ4v) is 3.50. The van der Waals surface area contributed by atoms with Crippen molar-refractivity contribution in [3.63, 3.8) is 0 Å². The smallest absolute Gasteiger partial charge is 0.331 e. The van der Waals surface area contributed by atoms with Gasteiger partial charge in [-0.1, -0.05) is 42.5 Å². The van der Waals surface area contributed by atoms with Crippen molar-refractivity contribution in [2.75, 3.05) is 27.4 Å². The number of para-hydroxylation sites is 1. The lowest BCUT2D eigenvalue weighted by molar-refractivity contribution is -0.146. The normalized spacial score (nSPS) is 13.1. The molecule has 0 saturated heterocycles. The second-order valence-electron chi connectivity index (χ2n) is 5.26. The quantitative estimate of drug-likeness (QED) is 0.546. The van der Waals surface area contributed by atoms with Gasteiger partial charge in [-0.2, -0.15) is 0 Å². The Labute approximate surface area is 151 Å². The van der Waals surface area contributed by atoms with Gasteiger partial charge in [-0.25, -0.2) is 4.79 Å². The Bertz CT molecular complexity index is 662. The number of benzene rings is 2. The molecule has 0 bridgehead atoms. The van der Waals surface area contributed by atoms with Crippen LogP contribution in [0, 0.1) is 0 Å². The van der Waals surface area contributed by atoms with Crippen LogP contribution in [-0.2, 0) is 14.3 Å². The summed E-state index contributed by atoms with van der Waals surface area (Å²) in [6.07, 6.45) is -0.804. The minimum Gasteiger partial charge on any atom is -0.496 e. The van der Waals surface area contributed by atoms with Crippen LogP contribution in [0.4, 0.5) is 0 Å². The Morgan fingerprint density at radius 1 is 1.08 bits per heavy atom.